The number of hydrogen-bond acceptors (Lipinski definition) is 3. The van der Waals surface area contributed by atoms with Gasteiger partial charge in [0.1, 0.15) is 11.9 Å². The molecule has 19 heavy (non-hydrogen) atoms. The number of pyridine rings is 1. The van der Waals surface area contributed by atoms with Gasteiger partial charge in [-0.05, 0) is 37.0 Å². The van der Waals surface area contributed by atoms with Crippen LogP contribution in [-0.2, 0) is 6.54 Å². The van der Waals surface area contributed by atoms with Crippen molar-refractivity contribution in [3.63, 3.8) is 0 Å². The largest absolute Gasteiger partial charge is 0.477 e. The van der Waals surface area contributed by atoms with Gasteiger partial charge in [-0.2, -0.15) is 0 Å². The maximum absolute atomic E-state index is 13.2. The summed E-state index contributed by atoms with van der Waals surface area (Å²) < 4.78 is 13.2. The molecule has 0 amide bonds. The van der Waals surface area contributed by atoms with Crippen LogP contribution in [0.3, 0.4) is 0 Å². The Bertz CT molecular complexity index is 502. The van der Waals surface area contributed by atoms with Crippen molar-refractivity contribution in [2.45, 2.75) is 37.9 Å². The van der Waals surface area contributed by atoms with E-state index in [1.165, 1.54) is 0 Å². The fraction of sp³-hybridized carbons (Fsp3) is 0.571. The van der Waals surface area contributed by atoms with Crippen molar-refractivity contribution < 1.29 is 14.3 Å². The van der Waals surface area contributed by atoms with E-state index in [0.29, 0.717) is 25.4 Å². The van der Waals surface area contributed by atoms with Crippen molar-refractivity contribution in [3.05, 3.63) is 29.1 Å². The zero-order valence-electron chi connectivity index (χ0n) is 10.7. The first kappa shape index (κ1) is 12.5. The Balaban J connectivity index is 1.81. The second kappa shape index (κ2) is 4.89. The van der Waals surface area contributed by atoms with Crippen molar-refractivity contribution >= 4 is 5.97 Å². The average molecular weight is 264 g/mol. The second-order valence-electron chi connectivity index (χ2n) is 5.49. The van der Waals surface area contributed by atoms with Gasteiger partial charge >= 0.3 is 5.97 Å². The summed E-state index contributed by atoms with van der Waals surface area (Å²) >= 11 is 0. The lowest BCUT2D eigenvalue weighted by Gasteiger charge is -2.15. The fourth-order valence-corrected chi connectivity index (χ4v) is 2.59. The normalized spacial score (nSPS) is 23.7. The first-order chi connectivity index (χ1) is 9.11. The molecular weight excluding hydrogens is 247 g/mol. The third-order valence-electron chi connectivity index (χ3n) is 3.74. The molecule has 1 N–H and O–H groups in total. The van der Waals surface area contributed by atoms with Gasteiger partial charge in [0, 0.05) is 31.2 Å². The minimum absolute atomic E-state index is 0.107. The van der Waals surface area contributed by atoms with E-state index in [0.717, 1.165) is 30.6 Å². The van der Waals surface area contributed by atoms with E-state index in [1.54, 1.807) is 6.07 Å². The molecule has 2 fully saturated rings. The topological polar surface area (TPSA) is 53.4 Å². The molecular formula is C14H17FN2O2. The molecule has 1 saturated heterocycles. The van der Waals surface area contributed by atoms with Crippen molar-refractivity contribution in [3.8, 4) is 0 Å². The first-order valence-corrected chi connectivity index (χ1v) is 6.72. The molecule has 0 spiro atoms. The smallest absolute Gasteiger partial charge is 0.354 e. The summed E-state index contributed by atoms with van der Waals surface area (Å²) in [5, 5.41) is 9.10. The Hall–Kier alpha value is -1.49. The van der Waals surface area contributed by atoms with E-state index < -0.39 is 12.1 Å². The summed E-state index contributed by atoms with van der Waals surface area (Å²) in [7, 11) is 0. The van der Waals surface area contributed by atoms with E-state index in [4.69, 9.17) is 5.11 Å². The number of nitrogens with zero attached hydrogens (tertiary/aromatic N) is 2. The van der Waals surface area contributed by atoms with Gasteiger partial charge in [0.15, 0.2) is 0 Å². The summed E-state index contributed by atoms with van der Waals surface area (Å²) in [5.74, 6) is -0.570. The molecule has 1 aliphatic heterocycles. The van der Waals surface area contributed by atoms with Crippen LogP contribution in [0.15, 0.2) is 12.1 Å². The number of hydrogen-bond donors (Lipinski definition) is 1. The monoisotopic (exact) mass is 264 g/mol. The zero-order valence-corrected chi connectivity index (χ0v) is 10.7. The van der Waals surface area contributed by atoms with Crippen LogP contribution < -0.4 is 0 Å². The predicted molar refractivity (Wildman–Crippen MR) is 68.0 cm³/mol. The number of aromatic carboxylic acids is 1. The summed E-state index contributed by atoms with van der Waals surface area (Å²) in [6, 6.07) is 3.59. The lowest BCUT2D eigenvalue weighted by molar-refractivity contribution is 0.0690. The molecule has 1 atom stereocenters. The van der Waals surface area contributed by atoms with E-state index in [9.17, 15) is 9.18 Å². The Morgan fingerprint density at radius 3 is 2.79 bits per heavy atom. The van der Waals surface area contributed by atoms with E-state index in [2.05, 4.69) is 4.98 Å². The Kier molecular flexibility index (Phi) is 3.22. The number of carbonyl (C=O) groups is 1. The molecule has 2 aliphatic rings. The molecule has 5 heteroatoms. The molecule has 3 rings (SSSR count). The van der Waals surface area contributed by atoms with Crippen molar-refractivity contribution in [2.24, 2.45) is 0 Å². The minimum atomic E-state index is -0.992. The van der Waals surface area contributed by atoms with E-state index in [-0.39, 0.29) is 5.69 Å². The Morgan fingerprint density at radius 1 is 1.42 bits per heavy atom. The molecule has 0 aromatic carbocycles. The number of carboxylic acid groups (broad SMARTS) is 1. The summed E-state index contributed by atoms with van der Waals surface area (Å²) in [5.41, 5.74) is 1.92. The van der Waals surface area contributed by atoms with Gasteiger partial charge in [0.25, 0.3) is 0 Å². The number of likely N-dealkylation sites (tertiary alicyclic amines) is 1. The third-order valence-corrected chi connectivity index (χ3v) is 3.74. The molecule has 102 valence electrons. The lowest BCUT2D eigenvalue weighted by atomic mass is 10.1. The number of rotatable bonds is 4. The first-order valence-electron chi connectivity index (χ1n) is 6.72. The van der Waals surface area contributed by atoms with Crippen molar-refractivity contribution in [2.75, 3.05) is 13.1 Å². The van der Waals surface area contributed by atoms with Gasteiger partial charge in [0.05, 0.1) is 0 Å². The highest BCUT2D eigenvalue weighted by molar-refractivity contribution is 5.85. The number of alkyl halides is 1. The number of aromatic nitrogens is 1. The molecule has 1 aliphatic carbocycles. The Labute approximate surface area is 111 Å². The molecule has 0 bridgehead atoms. The minimum Gasteiger partial charge on any atom is -0.477 e. The van der Waals surface area contributed by atoms with E-state index in [1.807, 2.05) is 11.0 Å². The van der Waals surface area contributed by atoms with Gasteiger partial charge in [-0.3, -0.25) is 4.90 Å². The summed E-state index contributed by atoms with van der Waals surface area (Å²) in [4.78, 5) is 17.3. The molecule has 2 heterocycles. The van der Waals surface area contributed by atoms with Crippen LogP contribution in [0.1, 0.15) is 46.9 Å². The fourth-order valence-electron chi connectivity index (χ4n) is 2.59. The SMILES string of the molecule is O=C(O)c1cc(CN2CC[C@H](F)C2)cc(C2CC2)n1. The predicted octanol–water partition coefficient (Wildman–Crippen LogP) is 2.20. The van der Waals surface area contributed by atoms with Crippen molar-refractivity contribution in [1.82, 2.24) is 9.88 Å². The number of carboxylic acids is 1. The molecule has 4 nitrogen and oxygen atoms in total. The van der Waals surface area contributed by atoms with Gasteiger partial charge in [-0.15, -0.1) is 0 Å². The molecule has 1 aromatic rings. The van der Waals surface area contributed by atoms with Gasteiger partial charge in [-0.1, -0.05) is 0 Å². The molecule has 1 aromatic heterocycles. The molecule has 1 saturated carbocycles. The summed E-state index contributed by atoms with van der Waals surface area (Å²) in [6.45, 7) is 1.80. The molecule has 0 unspecified atom stereocenters. The molecule has 0 radical (unpaired) electrons. The summed E-state index contributed by atoms with van der Waals surface area (Å²) in [6.07, 6.45) is 2.01. The quantitative estimate of drug-likeness (QED) is 0.905. The average Bonchev–Trinajstić information content (AvgIpc) is 3.14. The van der Waals surface area contributed by atoms with E-state index >= 15 is 0 Å². The van der Waals surface area contributed by atoms with Crippen LogP contribution in [0.4, 0.5) is 4.39 Å². The number of halogens is 1. The highest BCUT2D eigenvalue weighted by Crippen LogP contribution is 2.39. The Morgan fingerprint density at radius 2 is 2.21 bits per heavy atom. The lowest BCUT2D eigenvalue weighted by Crippen LogP contribution is -2.21. The maximum atomic E-state index is 13.2. The third kappa shape index (κ3) is 2.92. The standard InChI is InChI=1S/C14H17FN2O2/c15-11-3-4-17(8-11)7-9-5-12(10-1-2-10)16-13(6-9)14(18)19/h5-6,10-11H,1-4,7-8H2,(H,18,19)/t11-/m0/s1. The van der Waals surface area contributed by atoms with Gasteiger partial charge < -0.3 is 5.11 Å². The second-order valence-corrected chi connectivity index (χ2v) is 5.49. The maximum Gasteiger partial charge on any atom is 0.354 e. The van der Waals surface area contributed by atoms with Crippen LogP contribution in [0.25, 0.3) is 0 Å². The highest BCUT2D eigenvalue weighted by Gasteiger charge is 2.27. The van der Waals surface area contributed by atoms with Crippen LogP contribution in [0, 0.1) is 0 Å². The van der Waals surface area contributed by atoms with Gasteiger partial charge in [-0.25, -0.2) is 14.2 Å². The van der Waals surface area contributed by atoms with Crippen LogP contribution in [-0.4, -0.2) is 40.2 Å². The highest BCUT2D eigenvalue weighted by atomic mass is 19.1. The van der Waals surface area contributed by atoms with Crippen LogP contribution >= 0.6 is 0 Å². The van der Waals surface area contributed by atoms with Gasteiger partial charge in [0.2, 0.25) is 0 Å². The van der Waals surface area contributed by atoms with Crippen molar-refractivity contribution in [1.29, 1.82) is 0 Å². The van der Waals surface area contributed by atoms with Crippen LogP contribution in [0.2, 0.25) is 0 Å². The zero-order chi connectivity index (χ0) is 13.4. The van der Waals surface area contributed by atoms with Crippen LogP contribution in [0.5, 0.6) is 0 Å².